The molecule has 0 unspecified atom stereocenters. The molecule has 1 aromatic carbocycles. The normalized spacial score (nSPS) is 11.5. The van der Waals surface area contributed by atoms with E-state index < -0.39 is 5.78 Å². The van der Waals surface area contributed by atoms with Crippen LogP contribution in [0, 0.1) is 11.3 Å². The quantitative estimate of drug-likeness (QED) is 0.508. The van der Waals surface area contributed by atoms with Gasteiger partial charge in [-0.05, 0) is 12.1 Å². The third-order valence-corrected chi connectivity index (χ3v) is 2.35. The molecule has 3 nitrogen and oxygen atoms in total. The maximum absolute atomic E-state index is 11.0. The van der Waals surface area contributed by atoms with Crippen molar-refractivity contribution in [3.8, 4) is 6.07 Å². The molecule has 15 heavy (non-hydrogen) atoms. The summed E-state index contributed by atoms with van der Waals surface area (Å²) >= 11 is 3.25. The fourth-order valence-corrected chi connectivity index (χ4v) is 1.31. The van der Waals surface area contributed by atoms with Crippen molar-refractivity contribution in [3.05, 3.63) is 39.9 Å². The van der Waals surface area contributed by atoms with E-state index in [1.54, 1.807) is 30.3 Å². The van der Waals surface area contributed by atoms with Crippen LogP contribution in [-0.2, 0) is 4.79 Å². The minimum absolute atomic E-state index is 0.225. The minimum Gasteiger partial charge on any atom is -0.506 e. The predicted molar refractivity (Wildman–Crippen MR) is 60.0 cm³/mol. The maximum atomic E-state index is 11.0. The number of halogens is 1. The number of benzene rings is 1. The number of aliphatic hydroxyl groups is 1. The number of hydrogen-bond acceptors (Lipinski definition) is 3. The largest absolute Gasteiger partial charge is 0.506 e. The lowest BCUT2D eigenvalue weighted by Gasteiger charge is -2.01. The van der Waals surface area contributed by atoms with Gasteiger partial charge in [0.1, 0.15) is 17.4 Å². The second kappa shape index (κ2) is 4.76. The first-order valence-electron chi connectivity index (χ1n) is 4.16. The number of allylic oxidation sites excluding steroid dienone is 1. The van der Waals surface area contributed by atoms with Gasteiger partial charge in [0, 0.05) is 17.0 Å². The molecule has 4 heteroatoms. The Labute approximate surface area is 95.8 Å². The van der Waals surface area contributed by atoms with Crippen molar-refractivity contribution in [2.24, 2.45) is 0 Å². The molecule has 1 aromatic rings. The van der Waals surface area contributed by atoms with Crippen LogP contribution in [0.25, 0.3) is 5.76 Å². The Balaban J connectivity index is 3.24. The lowest BCUT2D eigenvalue weighted by molar-refractivity contribution is -0.113. The van der Waals surface area contributed by atoms with Crippen molar-refractivity contribution in [3.63, 3.8) is 0 Å². The van der Waals surface area contributed by atoms with Crippen molar-refractivity contribution in [1.82, 2.24) is 0 Å². The number of carbonyl (C=O) groups excluding carboxylic acids is 1. The van der Waals surface area contributed by atoms with Crippen LogP contribution in [0.3, 0.4) is 0 Å². The lowest BCUT2D eigenvalue weighted by atomic mass is 10.1. The number of rotatable bonds is 2. The van der Waals surface area contributed by atoms with Crippen molar-refractivity contribution in [2.45, 2.75) is 6.92 Å². The molecule has 0 radical (unpaired) electrons. The van der Waals surface area contributed by atoms with Crippen LogP contribution in [0.1, 0.15) is 12.5 Å². The third-order valence-electron chi connectivity index (χ3n) is 1.82. The van der Waals surface area contributed by atoms with E-state index in [0.717, 1.165) is 4.47 Å². The monoisotopic (exact) mass is 265 g/mol. The maximum Gasteiger partial charge on any atom is 0.174 e. The van der Waals surface area contributed by atoms with E-state index in [0.29, 0.717) is 5.56 Å². The lowest BCUT2D eigenvalue weighted by Crippen LogP contribution is -1.98. The molecule has 0 aromatic heterocycles. The number of ketones is 1. The molecule has 0 fully saturated rings. The Morgan fingerprint density at radius 2 is 1.93 bits per heavy atom. The van der Waals surface area contributed by atoms with Gasteiger partial charge in [-0.25, -0.2) is 0 Å². The summed E-state index contributed by atoms with van der Waals surface area (Å²) in [4.78, 5) is 11.0. The molecule has 0 atom stereocenters. The van der Waals surface area contributed by atoms with Gasteiger partial charge < -0.3 is 5.11 Å². The minimum atomic E-state index is -0.446. The molecular formula is C11H8BrNO2. The summed E-state index contributed by atoms with van der Waals surface area (Å²) in [5, 5.41) is 18.3. The Kier molecular flexibility index (Phi) is 3.64. The van der Waals surface area contributed by atoms with E-state index in [1.165, 1.54) is 6.92 Å². The van der Waals surface area contributed by atoms with Gasteiger partial charge in [-0.2, -0.15) is 5.26 Å². The van der Waals surface area contributed by atoms with E-state index in [9.17, 15) is 9.90 Å². The molecule has 0 aliphatic carbocycles. The van der Waals surface area contributed by atoms with E-state index in [-0.39, 0.29) is 11.3 Å². The highest BCUT2D eigenvalue weighted by Gasteiger charge is 2.11. The Hall–Kier alpha value is -1.60. The molecular weight excluding hydrogens is 258 g/mol. The summed E-state index contributed by atoms with van der Waals surface area (Å²) in [6, 6.07) is 8.38. The molecule has 0 saturated carbocycles. The first kappa shape index (κ1) is 11.5. The number of aliphatic hydroxyl groups excluding tert-OH is 1. The van der Waals surface area contributed by atoms with Crippen LogP contribution in [0.2, 0.25) is 0 Å². The summed E-state index contributed by atoms with van der Waals surface area (Å²) in [5.41, 5.74) is 0.224. The molecule has 0 heterocycles. The molecule has 0 aliphatic rings. The number of nitrogens with zero attached hydrogens (tertiary/aromatic N) is 1. The third kappa shape index (κ3) is 2.67. The zero-order valence-electron chi connectivity index (χ0n) is 7.99. The van der Waals surface area contributed by atoms with Crippen molar-refractivity contribution in [1.29, 1.82) is 5.26 Å². The standard InChI is InChI=1S/C11H8BrNO2/c1-7(14)10(6-13)11(15)8-2-4-9(12)5-3-8/h2-5,15H,1H3. The van der Waals surface area contributed by atoms with Gasteiger partial charge in [-0.15, -0.1) is 0 Å². The van der Waals surface area contributed by atoms with Crippen LogP contribution < -0.4 is 0 Å². The van der Waals surface area contributed by atoms with Gasteiger partial charge in [0.2, 0.25) is 0 Å². The summed E-state index contributed by atoms with van der Waals surface area (Å²) < 4.78 is 0.861. The second-order valence-corrected chi connectivity index (χ2v) is 3.81. The average Bonchev–Trinajstić information content (AvgIpc) is 2.19. The van der Waals surface area contributed by atoms with Gasteiger partial charge in [-0.3, -0.25) is 4.79 Å². The second-order valence-electron chi connectivity index (χ2n) is 2.90. The molecule has 1 N–H and O–H groups in total. The van der Waals surface area contributed by atoms with Crippen molar-refractivity contribution < 1.29 is 9.90 Å². The summed E-state index contributed by atoms with van der Waals surface area (Å²) in [6.45, 7) is 1.24. The molecule has 0 bridgehead atoms. The van der Waals surface area contributed by atoms with Gasteiger partial charge in [0.05, 0.1) is 0 Å². The smallest absolute Gasteiger partial charge is 0.174 e. The average molecular weight is 266 g/mol. The van der Waals surface area contributed by atoms with E-state index >= 15 is 0 Å². The molecule has 0 aliphatic heterocycles. The first-order valence-corrected chi connectivity index (χ1v) is 4.95. The fourth-order valence-electron chi connectivity index (χ4n) is 1.05. The molecule has 0 amide bonds. The van der Waals surface area contributed by atoms with Gasteiger partial charge in [0.25, 0.3) is 0 Å². The number of Topliss-reactive ketones (excluding diaryl/α,β-unsaturated/α-hetero) is 1. The Bertz CT molecular complexity index is 454. The number of hydrogen-bond donors (Lipinski definition) is 1. The van der Waals surface area contributed by atoms with Crippen LogP contribution in [0.5, 0.6) is 0 Å². The first-order chi connectivity index (χ1) is 7.06. The topological polar surface area (TPSA) is 61.1 Å². The van der Waals surface area contributed by atoms with Crippen LogP contribution >= 0.6 is 15.9 Å². The SMILES string of the molecule is CC(=O)C(C#N)=C(O)c1ccc(Br)cc1. The molecule has 0 saturated heterocycles. The van der Waals surface area contributed by atoms with Gasteiger partial charge >= 0.3 is 0 Å². The van der Waals surface area contributed by atoms with Gasteiger partial charge in [-0.1, -0.05) is 28.1 Å². The zero-order chi connectivity index (χ0) is 11.4. The summed E-state index contributed by atoms with van der Waals surface area (Å²) in [7, 11) is 0. The molecule has 76 valence electrons. The zero-order valence-corrected chi connectivity index (χ0v) is 9.58. The van der Waals surface area contributed by atoms with E-state index in [2.05, 4.69) is 15.9 Å². The summed E-state index contributed by atoms with van der Waals surface area (Å²) in [5.74, 6) is -0.726. The van der Waals surface area contributed by atoms with Crippen LogP contribution in [-0.4, -0.2) is 10.9 Å². The highest BCUT2D eigenvalue weighted by atomic mass is 79.9. The number of carbonyl (C=O) groups is 1. The Morgan fingerprint density at radius 1 is 1.40 bits per heavy atom. The van der Waals surface area contributed by atoms with Crippen LogP contribution in [0.4, 0.5) is 0 Å². The molecule has 0 spiro atoms. The molecule has 1 rings (SSSR count). The predicted octanol–water partition coefficient (Wildman–Crippen LogP) is 2.83. The van der Waals surface area contributed by atoms with Crippen molar-refractivity contribution in [2.75, 3.05) is 0 Å². The number of nitriles is 1. The van der Waals surface area contributed by atoms with Crippen molar-refractivity contribution >= 4 is 27.5 Å². The highest BCUT2D eigenvalue weighted by Crippen LogP contribution is 2.19. The van der Waals surface area contributed by atoms with Crippen LogP contribution in [0.15, 0.2) is 34.3 Å². The Morgan fingerprint density at radius 3 is 2.33 bits per heavy atom. The fraction of sp³-hybridized carbons (Fsp3) is 0.0909. The van der Waals surface area contributed by atoms with E-state index in [1.807, 2.05) is 0 Å². The van der Waals surface area contributed by atoms with E-state index in [4.69, 9.17) is 5.26 Å². The highest BCUT2D eigenvalue weighted by molar-refractivity contribution is 9.10. The van der Waals surface area contributed by atoms with Gasteiger partial charge in [0.15, 0.2) is 5.78 Å². The summed E-state index contributed by atoms with van der Waals surface area (Å²) in [6.07, 6.45) is 0.